The number of hydrogen-bond acceptors (Lipinski definition) is 7. The van der Waals surface area contributed by atoms with Crippen LogP contribution in [-0.2, 0) is 30.4 Å². The van der Waals surface area contributed by atoms with Crippen molar-refractivity contribution >= 4 is 34.4 Å². The molecule has 8 nitrogen and oxygen atoms in total. The van der Waals surface area contributed by atoms with Gasteiger partial charge in [0.05, 0.1) is 35.9 Å². The number of fused-ring (bicyclic) bond motifs is 5. The first-order valence-corrected chi connectivity index (χ1v) is 12.8. The number of ether oxygens (including phenoxy) is 2. The molecule has 1 aromatic carbocycles. The summed E-state index contributed by atoms with van der Waals surface area (Å²) in [7, 11) is 0. The molecular weight excluding hydrogens is 458 g/mol. The van der Waals surface area contributed by atoms with Gasteiger partial charge in [-0.25, -0.2) is 9.78 Å². The molecule has 1 amide bonds. The Balaban J connectivity index is 1.50. The van der Waals surface area contributed by atoms with Crippen LogP contribution in [0.1, 0.15) is 51.8 Å². The summed E-state index contributed by atoms with van der Waals surface area (Å²) in [4.78, 5) is 46.3. The maximum atomic E-state index is 13.6. The summed E-state index contributed by atoms with van der Waals surface area (Å²) < 4.78 is 11.4. The molecule has 0 radical (unpaired) electrons. The van der Waals surface area contributed by atoms with E-state index in [0.29, 0.717) is 18.2 Å². The van der Waals surface area contributed by atoms with Crippen LogP contribution in [0.15, 0.2) is 36.4 Å². The van der Waals surface area contributed by atoms with E-state index in [0.717, 1.165) is 28.6 Å². The number of esters is 2. The highest BCUT2D eigenvalue weighted by molar-refractivity contribution is 5.97. The van der Waals surface area contributed by atoms with Crippen molar-refractivity contribution in [3.63, 3.8) is 0 Å². The van der Waals surface area contributed by atoms with Crippen molar-refractivity contribution in [2.24, 2.45) is 17.8 Å². The molecule has 0 bridgehead atoms. The highest BCUT2D eigenvalue weighted by Crippen LogP contribution is 2.47. The van der Waals surface area contributed by atoms with Crippen LogP contribution in [0.25, 0.3) is 16.6 Å². The van der Waals surface area contributed by atoms with Crippen LogP contribution in [0.5, 0.6) is 0 Å². The summed E-state index contributed by atoms with van der Waals surface area (Å²) in [6.45, 7) is 8.40. The van der Waals surface area contributed by atoms with E-state index in [1.807, 2.05) is 30.3 Å². The minimum Gasteiger partial charge on any atom is -0.462 e. The van der Waals surface area contributed by atoms with E-state index in [9.17, 15) is 14.4 Å². The zero-order chi connectivity index (χ0) is 25.6. The Morgan fingerprint density at radius 2 is 2.06 bits per heavy atom. The van der Waals surface area contributed by atoms with Gasteiger partial charge in [-0.3, -0.25) is 9.59 Å². The van der Waals surface area contributed by atoms with E-state index in [4.69, 9.17) is 14.5 Å². The fraction of sp³-hybridized carbons (Fsp3) is 0.500. The van der Waals surface area contributed by atoms with Crippen molar-refractivity contribution in [3.05, 3.63) is 47.7 Å². The van der Waals surface area contributed by atoms with Gasteiger partial charge in [-0.1, -0.05) is 45.9 Å². The smallest absolute Gasteiger partial charge is 0.351 e. The van der Waals surface area contributed by atoms with Crippen LogP contribution >= 0.6 is 0 Å². The van der Waals surface area contributed by atoms with Gasteiger partial charge < -0.3 is 19.7 Å². The lowest BCUT2D eigenvalue weighted by molar-refractivity contribution is -0.204. The average Bonchev–Trinajstić information content (AvgIpc) is 3.22. The van der Waals surface area contributed by atoms with Gasteiger partial charge in [0.25, 0.3) is 0 Å². The number of benzene rings is 1. The first-order chi connectivity index (χ1) is 17.3. The van der Waals surface area contributed by atoms with Gasteiger partial charge in [0, 0.05) is 22.9 Å². The number of rotatable bonds is 7. The van der Waals surface area contributed by atoms with Crippen molar-refractivity contribution in [2.45, 2.75) is 58.7 Å². The SMILES string of the molecule is CCC(NCC(=O)O[C@]1(CC)C(=O)OCC2C(=O)N3Cc4cc5ccccc5nc4C3=CC21)C(C)C. The molecule has 190 valence electrons. The molecule has 1 fully saturated rings. The van der Waals surface area contributed by atoms with Crippen LogP contribution in [0.3, 0.4) is 0 Å². The van der Waals surface area contributed by atoms with Gasteiger partial charge in [0.2, 0.25) is 11.5 Å². The molecule has 5 rings (SSSR count). The van der Waals surface area contributed by atoms with Gasteiger partial charge in [0.15, 0.2) is 0 Å². The number of cyclic esters (lactones) is 1. The number of nitrogens with zero attached hydrogens (tertiary/aromatic N) is 2. The molecule has 8 heteroatoms. The Kier molecular flexibility index (Phi) is 6.32. The molecule has 1 N–H and O–H groups in total. The molecule has 36 heavy (non-hydrogen) atoms. The summed E-state index contributed by atoms with van der Waals surface area (Å²) in [5.74, 6) is -2.15. The predicted octanol–water partition coefficient (Wildman–Crippen LogP) is 3.44. The molecule has 0 aliphatic carbocycles. The Morgan fingerprint density at radius 1 is 1.28 bits per heavy atom. The maximum absolute atomic E-state index is 13.6. The summed E-state index contributed by atoms with van der Waals surface area (Å²) in [5.41, 5.74) is 1.65. The number of carbonyl (C=O) groups excluding carboxylic acids is 3. The van der Waals surface area contributed by atoms with Crippen molar-refractivity contribution in [3.8, 4) is 0 Å². The number of aromatic nitrogens is 1. The monoisotopic (exact) mass is 491 g/mol. The Morgan fingerprint density at radius 3 is 2.78 bits per heavy atom. The Hall–Kier alpha value is -3.26. The van der Waals surface area contributed by atoms with Crippen molar-refractivity contribution in [1.29, 1.82) is 0 Å². The first-order valence-electron chi connectivity index (χ1n) is 12.8. The second-order valence-corrected chi connectivity index (χ2v) is 10.3. The maximum Gasteiger partial charge on any atom is 0.351 e. The second-order valence-electron chi connectivity index (χ2n) is 10.3. The van der Waals surface area contributed by atoms with Gasteiger partial charge in [-0.2, -0.15) is 0 Å². The summed E-state index contributed by atoms with van der Waals surface area (Å²) in [5, 5.41) is 4.25. The van der Waals surface area contributed by atoms with E-state index in [-0.39, 0.29) is 31.5 Å². The van der Waals surface area contributed by atoms with E-state index in [1.165, 1.54) is 0 Å². The van der Waals surface area contributed by atoms with Crippen LogP contribution in [-0.4, -0.2) is 52.5 Å². The van der Waals surface area contributed by atoms with Crippen LogP contribution in [0, 0.1) is 17.8 Å². The molecular formula is C28H33N3O5. The topological polar surface area (TPSA) is 97.8 Å². The molecule has 1 saturated heterocycles. The van der Waals surface area contributed by atoms with Gasteiger partial charge in [0.1, 0.15) is 6.61 Å². The normalized spacial score (nSPS) is 25.7. The molecule has 4 atom stereocenters. The fourth-order valence-corrected chi connectivity index (χ4v) is 5.82. The van der Waals surface area contributed by atoms with Gasteiger partial charge in [-0.05, 0) is 37.0 Å². The minimum absolute atomic E-state index is 0.0177. The number of amides is 1. The van der Waals surface area contributed by atoms with Crippen LogP contribution < -0.4 is 5.32 Å². The van der Waals surface area contributed by atoms with Crippen LogP contribution in [0.2, 0.25) is 0 Å². The zero-order valence-corrected chi connectivity index (χ0v) is 21.2. The first kappa shape index (κ1) is 24.4. The second kappa shape index (κ2) is 9.32. The molecule has 0 spiro atoms. The third kappa shape index (κ3) is 3.88. The minimum atomic E-state index is -1.56. The number of carbonyl (C=O) groups is 3. The molecule has 1 aromatic heterocycles. The summed E-state index contributed by atoms with van der Waals surface area (Å²) >= 11 is 0. The highest BCUT2D eigenvalue weighted by Gasteiger charge is 2.59. The predicted molar refractivity (Wildman–Crippen MR) is 134 cm³/mol. The quantitative estimate of drug-likeness (QED) is 0.593. The standard InChI is InChI=1S/C28H33N3O5/c1-5-21(16(3)4)29-13-24(32)36-28(6-2)20-12-23-25-18(11-17-9-7-8-10-22(17)30-25)14-31(23)26(33)19(20)15-35-27(28)34/h7-12,16,19-21,29H,5-6,13-15H2,1-4H3/t19?,20?,21?,28-/m0/s1. The fourth-order valence-electron chi connectivity index (χ4n) is 5.82. The lowest BCUT2D eigenvalue weighted by Crippen LogP contribution is -2.61. The van der Waals surface area contributed by atoms with Crippen LogP contribution in [0.4, 0.5) is 0 Å². The lowest BCUT2D eigenvalue weighted by atomic mass is 9.72. The molecule has 3 unspecified atom stereocenters. The van der Waals surface area contributed by atoms with Gasteiger partial charge in [-0.15, -0.1) is 0 Å². The number of pyridine rings is 1. The van der Waals surface area contributed by atoms with Crippen molar-refractivity contribution in [1.82, 2.24) is 15.2 Å². The molecule has 4 heterocycles. The molecule has 3 aliphatic heterocycles. The highest BCUT2D eigenvalue weighted by atomic mass is 16.6. The lowest BCUT2D eigenvalue weighted by Gasteiger charge is -2.46. The Labute approximate surface area is 211 Å². The molecule has 2 aromatic rings. The number of hydrogen-bond donors (Lipinski definition) is 1. The van der Waals surface area contributed by atoms with E-state index < -0.39 is 29.4 Å². The molecule has 3 aliphatic rings. The van der Waals surface area contributed by atoms with Crippen molar-refractivity contribution in [2.75, 3.05) is 13.2 Å². The third-order valence-electron chi connectivity index (χ3n) is 7.87. The number of para-hydroxylation sites is 1. The largest absolute Gasteiger partial charge is 0.462 e. The summed E-state index contributed by atoms with van der Waals surface area (Å²) in [6, 6.07) is 10.1. The average molecular weight is 492 g/mol. The third-order valence-corrected chi connectivity index (χ3v) is 7.87. The van der Waals surface area contributed by atoms with E-state index in [2.05, 4.69) is 32.2 Å². The summed E-state index contributed by atoms with van der Waals surface area (Å²) in [6.07, 6.45) is 2.98. The number of nitrogens with one attached hydrogen (secondary N) is 1. The van der Waals surface area contributed by atoms with Crippen molar-refractivity contribution < 1.29 is 23.9 Å². The van der Waals surface area contributed by atoms with E-state index in [1.54, 1.807) is 11.8 Å². The zero-order valence-electron chi connectivity index (χ0n) is 21.2. The van der Waals surface area contributed by atoms with E-state index >= 15 is 0 Å². The van der Waals surface area contributed by atoms with Gasteiger partial charge >= 0.3 is 11.9 Å². The molecule has 0 saturated carbocycles. The Bertz CT molecular complexity index is 1250.